The van der Waals surface area contributed by atoms with Gasteiger partial charge in [-0.3, -0.25) is 14.4 Å². The van der Waals surface area contributed by atoms with Gasteiger partial charge in [-0.25, -0.2) is 4.98 Å². The third-order valence-electron chi connectivity index (χ3n) is 5.56. The summed E-state index contributed by atoms with van der Waals surface area (Å²) < 4.78 is 6.36. The van der Waals surface area contributed by atoms with Crippen molar-refractivity contribution in [2.24, 2.45) is 13.0 Å². The summed E-state index contributed by atoms with van der Waals surface area (Å²) in [5, 5.41) is 5.51. The van der Waals surface area contributed by atoms with Crippen molar-refractivity contribution in [1.82, 2.24) is 14.9 Å². The highest BCUT2D eigenvalue weighted by molar-refractivity contribution is 7.20. The first-order valence-electron chi connectivity index (χ1n) is 10.2. The number of benzene rings is 2. The van der Waals surface area contributed by atoms with E-state index in [1.54, 1.807) is 14.0 Å². The van der Waals surface area contributed by atoms with Crippen molar-refractivity contribution in [3.63, 3.8) is 0 Å². The molecule has 0 spiro atoms. The minimum Gasteiger partial charge on any atom is -0.469 e. The second-order valence-electron chi connectivity index (χ2n) is 7.71. The maximum Gasteiger partial charge on any atom is 0.310 e. The molecule has 0 aliphatic heterocycles. The molecule has 7 nitrogen and oxygen atoms in total. The van der Waals surface area contributed by atoms with Crippen LogP contribution in [0.5, 0.6) is 0 Å². The highest BCUT2D eigenvalue weighted by Gasteiger charge is 2.23. The van der Waals surface area contributed by atoms with Gasteiger partial charge >= 0.3 is 5.97 Å². The number of nitrogens with one attached hydrogen (secondary N) is 1. The second-order valence-corrected chi connectivity index (χ2v) is 8.71. The van der Waals surface area contributed by atoms with Crippen molar-refractivity contribution in [2.75, 3.05) is 13.7 Å². The predicted octanol–water partition coefficient (Wildman–Crippen LogP) is 3.22. The zero-order chi connectivity index (χ0) is 22.8. The van der Waals surface area contributed by atoms with Crippen LogP contribution in [0.1, 0.15) is 20.8 Å². The number of carbonyl (C=O) groups excluding carboxylic acids is 2. The van der Waals surface area contributed by atoms with Crippen LogP contribution < -0.4 is 10.9 Å². The molecule has 32 heavy (non-hydrogen) atoms. The number of hydrogen-bond acceptors (Lipinski definition) is 6. The number of esters is 1. The first-order valence-corrected chi connectivity index (χ1v) is 11.0. The number of nitrogens with zero attached hydrogens (tertiary/aromatic N) is 2. The molecule has 164 valence electrons. The number of methoxy groups -OCH3 is 1. The summed E-state index contributed by atoms with van der Waals surface area (Å²) in [6.07, 6.45) is 1.88. The van der Waals surface area contributed by atoms with Crippen molar-refractivity contribution >= 4 is 44.2 Å². The molecule has 4 rings (SSSR count). The molecule has 4 aromatic rings. The molecular weight excluding hydrogens is 426 g/mol. The standard InChI is InChI=1S/C24H23N3O4S/c1-14-19-22(26-13-27(2)23(19)29)32-20(14)21(28)25-12-18(24(30)31-3)11-15-8-9-16-6-4-5-7-17(16)10-15/h4-10,13,18H,11-12H2,1-3H3,(H,25,28). The summed E-state index contributed by atoms with van der Waals surface area (Å²) in [7, 11) is 2.97. The first-order chi connectivity index (χ1) is 15.4. The number of aryl methyl sites for hydroxylation is 2. The summed E-state index contributed by atoms with van der Waals surface area (Å²) in [5.74, 6) is -1.26. The van der Waals surface area contributed by atoms with Gasteiger partial charge in [0.25, 0.3) is 11.5 Å². The average Bonchev–Trinajstić information content (AvgIpc) is 3.15. The van der Waals surface area contributed by atoms with E-state index in [-0.39, 0.29) is 24.0 Å². The van der Waals surface area contributed by atoms with E-state index in [0.29, 0.717) is 27.1 Å². The molecule has 2 aromatic carbocycles. The summed E-state index contributed by atoms with van der Waals surface area (Å²) in [6.45, 7) is 1.86. The SMILES string of the molecule is COC(=O)C(CNC(=O)c1sc2ncn(C)c(=O)c2c1C)Cc1ccc2ccccc2c1. The molecule has 0 aliphatic carbocycles. The van der Waals surface area contributed by atoms with Crippen LogP contribution in [0.4, 0.5) is 0 Å². The molecule has 0 aliphatic rings. The minimum absolute atomic E-state index is 0.122. The van der Waals surface area contributed by atoms with Gasteiger partial charge in [0, 0.05) is 13.6 Å². The van der Waals surface area contributed by atoms with Crippen LogP contribution in [0.3, 0.4) is 0 Å². The quantitative estimate of drug-likeness (QED) is 0.457. The molecule has 8 heteroatoms. The Kier molecular flexibility index (Phi) is 6.05. The molecule has 0 fully saturated rings. The van der Waals surface area contributed by atoms with E-state index in [4.69, 9.17) is 4.74 Å². The second kappa shape index (κ2) is 8.92. The molecule has 1 amide bonds. The number of carbonyl (C=O) groups is 2. The van der Waals surface area contributed by atoms with Gasteiger partial charge in [-0.05, 0) is 35.2 Å². The fraction of sp³-hybridized carbons (Fsp3) is 0.250. The molecular formula is C24H23N3O4S. The van der Waals surface area contributed by atoms with Gasteiger partial charge in [-0.15, -0.1) is 11.3 Å². The van der Waals surface area contributed by atoms with Gasteiger partial charge in [0.05, 0.1) is 29.6 Å². The Bertz CT molecular complexity index is 1390. The van der Waals surface area contributed by atoms with Gasteiger partial charge in [0.2, 0.25) is 0 Å². The van der Waals surface area contributed by atoms with Gasteiger partial charge in [0.1, 0.15) is 4.83 Å². The van der Waals surface area contributed by atoms with Crippen molar-refractivity contribution in [3.8, 4) is 0 Å². The lowest BCUT2D eigenvalue weighted by atomic mass is 9.97. The van der Waals surface area contributed by atoms with Gasteiger partial charge in [-0.2, -0.15) is 0 Å². The molecule has 0 saturated carbocycles. The van der Waals surface area contributed by atoms with Crippen molar-refractivity contribution in [3.05, 3.63) is 75.1 Å². The third-order valence-corrected chi connectivity index (χ3v) is 6.75. The maximum absolute atomic E-state index is 12.9. The average molecular weight is 450 g/mol. The molecule has 2 heterocycles. The zero-order valence-corrected chi connectivity index (χ0v) is 18.9. The number of aromatic nitrogens is 2. The lowest BCUT2D eigenvalue weighted by Crippen LogP contribution is -2.34. The Morgan fingerprint density at radius 1 is 1.19 bits per heavy atom. The fourth-order valence-electron chi connectivity index (χ4n) is 3.78. The molecule has 2 aromatic heterocycles. The van der Waals surface area contributed by atoms with Crippen molar-refractivity contribution < 1.29 is 14.3 Å². The lowest BCUT2D eigenvalue weighted by molar-refractivity contribution is -0.145. The molecule has 0 radical (unpaired) electrons. The van der Waals surface area contributed by atoms with Gasteiger partial charge < -0.3 is 14.6 Å². The number of amides is 1. The molecule has 1 unspecified atom stereocenters. The van der Waals surface area contributed by atoms with E-state index in [2.05, 4.69) is 10.3 Å². The lowest BCUT2D eigenvalue weighted by Gasteiger charge is -2.16. The number of fused-ring (bicyclic) bond motifs is 2. The summed E-state index contributed by atoms with van der Waals surface area (Å²) in [5.41, 5.74) is 1.39. The summed E-state index contributed by atoms with van der Waals surface area (Å²) in [6, 6.07) is 14.1. The van der Waals surface area contributed by atoms with Gasteiger partial charge in [0.15, 0.2) is 0 Å². The minimum atomic E-state index is -0.536. The Hall–Kier alpha value is -3.52. The number of hydrogen-bond donors (Lipinski definition) is 1. The Morgan fingerprint density at radius 3 is 2.69 bits per heavy atom. The van der Waals surface area contributed by atoms with E-state index >= 15 is 0 Å². The molecule has 1 atom stereocenters. The molecule has 0 bridgehead atoms. The summed E-state index contributed by atoms with van der Waals surface area (Å²) in [4.78, 5) is 42.9. The van der Waals surface area contributed by atoms with Crippen LogP contribution in [-0.2, 0) is 23.0 Å². The third kappa shape index (κ3) is 4.13. The number of thiophene rings is 1. The Labute approximate surface area is 188 Å². The van der Waals surface area contributed by atoms with Crippen LogP contribution in [0.25, 0.3) is 21.0 Å². The summed E-state index contributed by atoms with van der Waals surface area (Å²) >= 11 is 1.17. The topological polar surface area (TPSA) is 90.3 Å². The monoisotopic (exact) mass is 449 g/mol. The number of ether oxygens (including phenoxy) is 1. The van der Waals surface area contributed by atoms with E-state index in [1.165, 1.54) is 29.3 Å². The smallest absolute Gasteiger partial charge is 0.310 e. The Morgan fingerprint density at radius 2 is 1.94 bits per heavy atom. The van der Waals surface area contributed by atoms with Crippen LogP contribution in [0.15, 0.2) is 53.6 Å². The molecule has 1 N–H and O–H groups in total. The zero-order valence-electron chi connectivity index (χ0n) is 18.0. The van der Waals surface area contributed by atoms with Crippen LogP contribution in [-0.4, -0.2) is 35.1 Å². The largest absolute Gasteiger partial charge is 0.469 e. The van der Waals surface area contributed by atoms with Crippen LogP contribution in [0.2, 0.25) is 0 Å². The highest BCUT2D eigenvalue weighted by Crippen LogP contribution is 2.26. The number of rotatable bonds is 6. The van der Waals surface area contributed by atoms with E-state index in [9.17, 15) is 14.4 Å². The highest BCUT2D eigenvalue weighted by atomic mass is 32.1. The normalized spacial score (nSPS) is 12.1. The van der Waals surface area contributed by atoms with Gasteiger partial charge in [-0.1, -0.05) is 42.5 Å². The maximum atomic E-state index is 12.9. The van der Waals surface area contributed by atoms with Crippen LogP contribution in [0, 0.1) is 12.8 Å². The van der Waals surface area contributed by atoms with E-state index in [1.807, 2.05) is 42.5 Å². The predicted molar refractivity (Wildman–Crippen MR) is 125 cm³/mol. The van der Waals surface area contributed by atoms with Crippen LogP contribution >= 0.6 is 11.3 Å². The fourth-order valence-corrected chi connectivity index (χ4v) is 4.83. The van der Waals surface area contributed by atoms with Crippen molar-refractivity contribution in [2.45, 2.75) is 13.3 Å². The first kappa shape index (κ1) is 21.7. The van der Waals surface area contributed by atoms with Crippen molar-refractivity contribution in [1.29, 1.82) is 0 Å². The van der Waals surface area contributed by atoms with E-state index in [0.717, 1.165) is 16.3 Å². The Balaban J connectivity index is 1.53. The molecule has 0 saturated heterocycles. The van der Waals surface area contributed by atoms with E-state index < -0.39 is 5.92 Å².